The first-order valence-corrected chi connectivity index (χ1v) is 14.5. The molecule has 5 nitrogen and oxygen atoms in total. The molecule has 4 aromatic rings. The standard InChI is InChI=1S/C26H21Cl4N5S2/c1-15-32-33-25(36-15)35-26(18-5-3-2-4-6-18,19(11-12-31)16-7-9-20(27)22(29)13-16)37-24(34-35)17-8-10-21(28)23(30)14-17/h2-10,13-14,19H,11-12,31H2,1H3. The van der Waals surface area contributed by atoms with Gasteiger partial charge in [-0.2, -0.15) is 5.10 Å². The lowest BCUT2D eigenvalue weighted by Gasteiger charge is -2.42. The van der Waals surface area contributed by atoms with Crippen LogP contribution in [0.3, 0.4) is 0 Å². The highest BCUT2D eigenvalue weighted by Gasteiger charge is 2.53. The molecule has 2 N–H and O–H groups in total. The summed E-state index contributed by atoms with van der Waals surface area (Å²) in [6.07, 6.45) is 0.651. The van der Waals surface area contributed by atoms with E-state index in [9.17, 15) is 0 Å². The normalized spacial score (nSPS) is 18.2. The van der Waals surface area contributed by atoms with Crippen LogP contribution < -0.4 is 10.7 Å². The maximum atomic E-state index is 6.51. The zero-order valence-electron chi connectivity index (χ0n) is 19.5. The number of rotatable bonds is 7. The molecule has 2 unspecified atom stereocenters. The van der Waals surface area contributed by atoms with Crippen LogP contribution in [-0.4, -0.2) is 21.8 Å². The van der Waals surface area contributed by atoms with E-state index in [1.807, 2.05) is 60.5 Å². The van der Waals surface area contributed by atoms with Crippen LogP contribution in [0.25, 0.3) is 0 Å². The van der Waals surface area contributed by atoms with Crippen molar-refractivity contribution >= 4 is 79.7 Å². The molecule has 0 amide bonds. The lowest BCUT2D eigenvalue weighted by atomic mass is 9.83. The first kappa shape index (κ1) is 26.8. The fourth-order valence-electron chi connectivity index (χ4n) is 4.44. The van der Waals surface area contributed by atoms with Crippen molar-refractivity contribution in [3.63, 3.8) is 0 Å². The van der Waals surface area contributed by atoms with Crippen molar-refractivity contribution in [2.75, 3.05) is 11.6 Å². The summed E-state index contributed by atoms with van der Waals surface area (Å²) in [5.74, 6) is -0.145. The number of anilines is 1. The van der Waals surface area contributed by atoms with Crippen LogP contribution >= 0.6 is 69.5 Å². The van der Waals surface area contributed by atoms with Crippen LogP contribution in [0.15, 0.2) is 71.8 Å². The molecule has 0 fully saturated rings. The summed E-state index contributed by atoms with van der Waals surface area (Å²) in [6, 6.07) is 21.5. The predicted molar refractivity (Wildman–Crippen MR) is 159 cm³/mol. The maximum absolute atomic E-state index is 6.51. The van der Waals surface area contributed by atoms with Crippen molar-refractivity contribution in [3.8, 4) is 0 Å². The van der Waals surface area contributed by atoms with Crippen molar-refractivity contribution in [2.45, 2.75) is 24.1 Å². The molecule has 0 saturated heterocycles. The number of nitrogens with zero attached hydrogens (tertiary/aromatic N) is 4. The number of hydrazone groups is 1. The van der Waals surface area contributed by atoms with Crippen molar-refractivity contribution < 1.29 is 0 Å². The molecule has 1 aromatic heterocycles. The Bertz CT molecular complexity index is 1460. The Hall–Kier alpha value is -1.84. The third kappa shape index (κ3) is 5.11. The Morgan fingerprint density at radius 3 is 2.22 bits per heavy atom. The second-order valence-corrected chi connectivity index (χ2v) is 12.4. The average molecular weight is 609 g/mol. The summed E-state index contributed by atoms with van der Waals surface area (Å²) in [7, 11) is 0. The minimum Gasteiger partial charge on any atom is -0.330 e. The van der Waals surface area contributed by atoms with E-state index in [4.69, 9.17) is 57.2 Å². The Kier molecular flexibility index (Phi) is 8.03. The summed E-state index contributed by atoms with van der Waals surface area (Å²) in [6.45, 7) is 2.37. The third-order valence-corrected chi connectivity index (χ3v) is 9.89. The molecule has 0 spiro atoms. The molecule has 1 aliphatic heterocycles. The Labute approximate surface area is 243 Å². The topological polar surface area (TPSA) is 67.4 Å². The summed E-state index contributed by atoms with van der Waals surface area (Å²) < 4.78 is 0. The van der Waals surface area contributed by atoms with E-state index in [-0.39, 0.29) is 5.92 Å². The number of hydrogen-bond acceptors (Lipinski definition) is 7. The van der Waals surface area contributed by atoms with Gasteiger partial charge >= 0.3 is 0 Å². The SMILES string of the molecule is Cc1nnc(N2N=C(c3ccc(Cl)c(Cl)c3)SC2(c2ccccc2)C(CCN)c2ccc(Cl)c(Cl)c2)s1. The van der Waals surface area contributed by atoms with Gasteiger partial charge in [-0.25, -0.2) is 5.01 Å². The molecule has 0 aliphatic carbocycles. The molecule has 2 atom stereocenters. The summed E-state index contributed by atoms with van der Waals surface area (Å²) in [5.41, 5.74) is 9.11. The molecule has 190 valence electrons. The van der Waals surface area contributed by atoms with E-state index in [2.05, 4.69) is 22.3 Å². The fraction of sp³-hybridized carbons (Fsp3) is 0.192. The zero-order valence-corrected chi connectivity index (χ0v) is 24.2. The molecule has 5 rings (SSSR count). The maximum Gasteiger partial charge on any atom is 0.230 e. The molecular weight excluding hydrogens is 588 g/mol. The van der Waals surface area contributed by atoms with E-state index in [1.165, 1.54) is 11.3 Å². The van der Waals surface area contributed by atoms with E-state index < -0.39 is 4.87 Å². The molecule has 0 radical (unpaired) electrons. The van der Waals surface area contributed by atoms with Gasteiger partial charge in [0.15, 0.2) is 0 Å². The van der Waals surface area contributed by atoms with Gasteiger partial charge in [0.1, 0.15) is 14.9 Å². The Morgan fingerprint density at radius 1 is 0.892 bits per heavy atom. The van der Waals surface area contributed by atoms with Crippen molar-refractivity contribution in [1.82, 2.24) is 10.2 Å². The number of nitrogens with two attached hydrogens (primary N) is 1. The minimum absolute atomic E-state index is 0.145. The number of hydrogen-bond donors (Lipinski definition) is 1. The van der Waals surface area contributed by atoms with Gasteiger partial charge < -0.3 is 5.73 Å². The monoisotopic (exact) mass is 607 g/mol. The van der Waals surface area contributed by atoms with Gasteiger partial charge in [0.2, 0.25) is 5.13 Å². The lowest BCUT2D eigenvalue weighted by molar-refractivity contribution is 0.451. The van der Waals surface area contributed by atoms with Gasteiger partial charge in [-0.05, 0) is 55.3 Å². The van der Waals surface area contributed by atoms with Gasteiger partial charge in [-0.3, -0.25) is 0 Å². The van der Waals surface area contributed by atoms with Crippen molar-refractivity contribution in [3.05, 3.63) is 109 Å². The summed E-state index contributed by atoms with van der Waals surface area (Å²) >= 11 is 28.5. The number of aromatic nitrogens is 2. The molecule has 0 saturated carbocycles. The molecule has 0 bridgehead atoms. The highest BCUT2D eigenvalue weighted by atomic mass is 35.5. The number of aryl methyl sites for hydroxylation is 1. The van der Waals surface area contributed by atoms with E-state index >= 15 is 0 Å². The molecule has 2 heterocycles. The van der Waals surface area contributed by atoms with Crippen LogP contribution in [0.2, 0.25) is 20.1 Å². The number of benzene rings is 3. The molecule has 11 heteroatoms. The molecule has 1 aliphatic rings. The van der Waals surface area contributed by atoms with Crippen LogP contribution in [0.4, 0.5) is 5.13 Å². The van der Waals surface area contributed by atoms with E-state index in [1.54, 1.807) is 17.8 Å². The first-order chi connectivity index (χ1) is 17.8. The highest BCUT2D eigenvalue weighted by Crippen LogP contribution is 2.58. The van der Waals surface area contributed by atoms with Gasteiger partial charge in [-0.1, -0.05) is 112 Å². The lowest BCUT2D eigenvalue weighted by Crippen LogP contribution is -2.44. The van der Waals surface area contributed by atoms with Crippen LogP contribution in [0.1, 0.15) is 34.0 Å². The largest absolute Gasteiger partial charge is 0.330 e. The van der Waals surface area contributed by atoms with Gasteiger partial charge in [0, 0.05) is 11.5 Å². The molecule has 3 aromatic carbocycles. The molecule has 37 heavy (non-hydrogen) atoms. The first-order valence-electron chi connectivity index (χ1n) is 11.4. The zero-order chi connectivity index (χ0) is 26.2. The van der Waals surface area contributed by atoms with Crippen LogP contribution in [0, 0.1) is 6.92 Å². The van der Waals surface area contributed by atoms with E-state index in [0.717, 1.165) is 26.7 Å². The number of thioether (sulfide) groups is 1. The van der Waals surface area contributed by atoms with Crippen LogP contribution in [-0.2, 0) is 4.87 Å². The van der Waals surface area contributed by atoms with Crippen molar-refractivity contribution in [1.29, 1.82) is 0 Å². The second-order valence-electron chi connectivity index (χ2n) is 8.42. The van der Waals surface area contributed by atoms with Gasteiger partial charge in [-0.15, -0.1) is 10.2 Å². The fourth-order valence-corrected chi connectivity index (χ4v) is 7.33. The Morgan fingerprint density at radius 2 is 1.59 bits per heavy atom. The highest BCUT2D eigenvalue weighted by molar-refractivity contribution is 8.15. The summed E-state index contributed by atoms with van der Waals surface area (Å²) in [4.78, 5) is -0.759. The molecular formula is C26H21Cl4N5S2. The van der Waals surface area contributed by atoms with Crippen molar-refractivity contribution in [2.24, 2.45) is 10.8 Å². The average Bonchev–Trinajstić information content (AvgIpc) is 3.51. The van der Waals surface area contributed by atoms with Crippen LogP contribution in [0.5, 0.6) is 0 Å². The quantitative estimate of drug-likeness (QED) is 0.228. The smallest absolute Gasteiger partial charge is 0.230 e. The van der Waals surface area contributed by atoms with E-state index in [0.29, 0.717) is 38.2 Å². The minimum atomic E-state index is -0.759. The Balaban J connectivity index is 1.77. The second kappa shape index (κ2) is 11.1. The number of halogens is 4. The van der Waals surface area contributed by atoms with Gasteiger partial charge in [0.05, 0.1) is 20.1 Å². The predicted octanol–water partition coefficient (Wildman–Crippen LogP) is 8.36. The third-order valence-electron chi connectivity index (χ3n) is 6.08. The summed E-state index contributed by atoms with van der Waals surface area (Å²) in [5, 5.41) is 20.1. The van der Waals surface area contributed by atoms with Gasteiger partial charge in [0.25, 0.3) is 0 Å².